The Morgan fingerprint density at radius 3 is 2.53 bits per heavy atom. The van der Waals surface area contributed by atoms with Crippen LogP contribution >= 0.6 is 0 Å². The topological polar surface area (TPSA) is 39.9 Å². The molecule has 90 valence electrons. The third-order valence-electron chi connectivity index (χ3n) is 2.62. The summed E-state index contributed by atoms with van der Waals surface area (Å²) in [6, 6.07) is 7.84. The van der Waals surface area contributed by atoms with Crippen LogP contribution in [-0.4, -0.2) is 21.9 Å². The van der Waals surface area contributed by atoms with Crippen LogP contribution in [0.5, 0.6) is 5.75 Å². The molecule has 0 aliphatic rings. The Bertz CT molecular complexity index is 511. The number of para-hydroxylation sites is 1. The van der Waals surface area contributed by atoms with Crippen molar-refractivity contribution < 1.29 is 4.74 Å². The zero-order valence-corrected chi connectivity index (χ0v) is 10.6. The van der Waals surface area contributed by atoms with Gasteiger partial charge in [-0.05, 0) is 32.9 Å². The van der Waals surface area contributed by atoms with Gasteiger partial charge in [0.15, 0.2) is 5.82 Å². The third-order valence-corrected chi connectivity index (χ3v) is 2.62. The summed E-state index contributed by atoms with van der Waals surface area (Å²) in [6.07, 6.45) is 1.75. The standard InChI is InChI=1S/C13H17N3O/c1-13(2,3)16-9-14-15-12(16)10-7-5-6-8-11(10)17-4/h5-9H,1-4H3. The highest BCUT2D eigenvalue weighted by Crippen LogP contribution is 2.30. The van der Waals surface area contributed by atoms with Crippen LogP contribution in [0.15, 0.2) is 30.6 Å². The van der Waals surface area contributed by atoms with Crippen molar-refractivity contribution in [2.24, 2.45) is 0 Å². The van der Waals surface area contributed by atoms with E-state index in [1.165, 1.54) is 0 Å². The van der Waals surface area contributed by atoms with Gasteiger partial charge in [0.2, 0.25) is 0 Å². The minimum absolute atomic E-state index is 0.0559. The first-order valence-electron chi connectivity index (χ1n) is 5.58. The molecule has 17 heavy (non-hydrogen) atoms. The maximum atomic E-state index is 5.36. The van der Waals surface area contributed by atoms with E-state index in [4.69, 9.17) is 4.74 Å². The molecule has 0 atom stereocenters. The first kappa shape index (κ1) is 11.6. The van der Waals surface area contributed by atoms with E-state index < -0.39 is 0 Å². The highest BCUT2D eigenvalue weighted by atomic mass is 16.5. The number of hydrogen-bond donors (Lipinski definition) is 0. The number of hydrogen-bond acceptors (Lipinski definition) is 3. The average Bonchev–Trinajstić information content (AvgIpc) is 2.77. The molecule has 0 fully saturated rings. The lowest BCUT2D eigenvalue weighted by Crippen LogP contribution is -2.22. The second-order valence-electron chi connectivity index (χ2n) is 4.90. The zero-order chi connectivity index (χ0) is 12.5. The first-order valence-corrected chi connectivity index (χ1v) is 5.58. The molecular weight excluding hydrogens is 214 g/mol. The van der Waals surface area contributed by atoms with E-state index in [0.717, 1.165) is 17.1 Å². The van der Waals surface area contributed by atoms with Crippen molar-refractivity contribution in [3.8, 4) is 17.1 Å². The summed E-state index contributed by atoms with van der Waals surface area (Å²) in [5.41, 5.74) is 0.905. The van der Waals surface area contributed by atoms with Gasteiger partial charge in [-0.2, -0.15) is 0 Å². The molecule has 0 radical (unpaired) electrons. The molecule has 1 aromatic carbocycles. The summed E-state index contributed by atoms with van der Waals surface area (Å²) < 4.78 is 7.40. The molecule has 0 aliphatic heterocycles. The molecule has 0 N–H and O–H groups in total. The van der Waals surface area contributed by atoms with E-state index in [0.29, 0.717) is 0 Å². The molecule has 0 bridgehead atoms. The molecule has 4 heteroatoms. The second kappa shape index (κ2) is 4.20. The minimum Gasteiger partial charge on any atom is -0.496 e. The van der Waals surface area contributed by atoms with Gasteiger partial charge < -0.3 is 9.30 Å². The smallest absolute Gasteiger partial charge is 0.167 e. The van der Waals surface area contributed by atoms with Crippen molar-refractivity contribution >= 4 is 0 Å². The number of aromatic nitrogens is 3. The Labute approximate surface area is 101 Å². The minimum atomic E-state index is -0.0559. The highest BCUT2D eigenvalue weighted by molar-refractivity contribution is 5.64. The fourth-order valence-corrected chi connectivity index (χ4v) is 1.74. The van der Waals surface area contributed by atoms with E-state index >= 15 is 0 Å². The predicted octanol–water partition coefficient (Wildman–Crippen LogP) is 2.71. The molecule has 1 aromatic heterocycles. The number of ether oxygens (including phenoxy) is 1. The Kier molecular flexibility index (Phi) is 2.88. The molecule has 4 nitrogen and oxygen atoms in total. The van der Waals surface area contributed by atoms with Crippen molar-refractivity contribution in [2.75, 3.05) is 7.11 Å². The van der Waals surface area contributed by atoms with Gasteiger partial charge in [0, 0.05) is 5.54 Å². The van der Waals surface area contributed by atoms with Crippen LogP contribution in [0.1, 0.15) is 20.8 Å². The van der Waals surface area contributed by atoms with Gasteiger partial charge in [-0.1, -0.05) is 12.1 Å². The fourth-order valence-electron chi connectivity index (χ4n) is 1.74. The largest absolute Gasteiger partial charge is 0.496 e. The lowest BCUT2D eigenvalue weighted by Gasteiger charge is -2.22. The lowest BCUT2D eigenvalue weighted by atomic mass is 10.1. The molecule has 0 unspecified atom stereocenters. The van der Waals surface area contributed by atoms with Gasteiger partial charge in [0.05, 0.1) is 12.7 Å². The molecule has 0 saturated heterocycles. The Balaban J connectivity index is 2.58. The van der Waals surface area contributed by atoms with E-state index in [9.17, 15) is 0 Å². The van der Waals surface area contributed by atoms with Gasteiger partial charge in [0.1, 0.15) is 12.1 Å². The maximum Gasteiger partial charge on any atom is 0.167 e. The molecular formula is C13H17N3O. The van der Waals surface area contributed by atoms with Crippen molar-refractivity contribution in [1.82, 2.24) is 14.8 Å². The van der Waals surface area contributed by atoms with Gasteiger partial charge >= 0.3 is 0 Å². The normalized spacial score (nSPS) is 11.5. The lowest BCUT2D eigenvalue weighted by molar-refractivity contribution is 0.395. The molecule has 0 saturated carbocycles. The summed E-state index contributed by atoms with van der Waals surface area (Å²) in [4.78, 5) is 0. The van der Waals surface area contributed by atoms with Gasteiger partial charge in [0.25, 0.3) is 0 Å². The van der Waals surface area contributed by atoms with Crippen LogP contribution in [0.2, 0.25) is 0 Å². The number of nitrogens with zero attached hydrogens (tertiary/aromatic N) is 3. The van der Waals surface area contributed by atoms with Crippen LogP contribution in [-0.2, 0) is 5.54 Å². The molecule has 2 rings (SSSR count). The van der Waals surface area contributed by atoms with Crippen molar-refractivity contribution in [3.05, 3.63) is 30.6 Å². The molecule has 0 aliphatic carbocycles. The van der Waals surface area contributed by atoms with Crippen LogP contribution in [0.4, 0.5) is 0 Å². The molecule has 1 heterocycles. The van der Waals surface area contributed by atoms with Crippen molar-refractivity contribution in [1.29, 1.82) is 0 Å². The van der Waals surface area contributed by atoms with Gasteiger partial charge in [-0.25, -0.2) is 0 Å². The van der Waals surface area contributed by atoms with Crippen molar-refractivity contribution in [3.63, 3.8) is 0 Å². The summed E-state index contributed by atoms with van der Waals surface area (Å²) in [6.45, 7) is 6.36. The Morgan fingerprint density at radius 1 is 1.18 bits per heavy atom. The van der Waals surface area contributed by atoms with Gasteiger partial charge in [-0.3, -0.25) is 0 Å². The summed E-state index contributed by atoms with van der Waals surface area (Å²) in [5, 5.41) is 8.19. The van der Waals surface area contributed by atoms with E-state index in [2.05, 4.69) is 31.0 Å². The molecule has 0 spiro atoms. The fraction of sp³-hybridized carbons (Fsp3) is 0.385. The van der Waals surface area contributed by atoms with Crippen LogP contribution in [0, 0.1) is 0 Å². The highest BCUT2D eigenvalue weighted by Gasteiger charge is 2.20. The van der Waals surface area contributed by atoms with Crippen LogP contribution in [0.25, 0.3) is 11.4 Å². The maximum absolute atomic E-state index is 5.36. The summed E-state index contributed by atoms with van der Waals surface area (Å²) >= 11 is 0. The van der Waals surface area contributed by atoms with Crippen molar-refractivity contribution in [2.45, 2.75) is 26.3 Å². The SMILES string of the molecule is COc1ccccc1-c1nncn1C(C)(C)C. The average molecular weight is 231 g/mol. The Hall–Kier alpha value is -1.84. The summed E-state index contributed by atoms with van der Waals surface area (Å²) in [5.74, 6) is 1.64. The molecule has 0 amide bonds. The molecule has 2 aromatic rings. The van der Waals surface area contributed by atoms with E-state index in [1.54, 1.807) is 13.4 Å². The zero-order valence-electron chi connectivity index (χ0n) is 10.6. The van der Waals surface area contributed by atoms with Crippen LogP contribution in [0.3, 0.4) is 0 Å². The third kappa shape index (κ3) is 2.16. The first-order chi connectivity index (χ1) is 8.04. The predicted molar refractivity (Wildman–Crippen MR) is 67.0 cm³/mol. The van der Waals surface area contributed by atoms with Gasteiger partial charge in [-0.15, -0.1) is 10.2 Å². The Morgan fingerprint density at radius 2 is 1.88 bits per heavy atom. The number of benzene rings is 1. The quantitative estimate of drug-likeness (QED) is 0.797. The van der Waals surface area contributed by atoms with E-state index in [-0.39, 0.29) is 5.54 Å². The number of rotatable bonds is 2. The summed E-state index contributed by atoms with van der Waals surface area (Å²) in [7, 11) is 1.66. The number of methoxy groups -OCH3 is 1. The van der Waals surface area contributed by atoms with E-state index in [1.807, 2.05) is 28.8 Å². The van der Waals surface area contributed by atoms with Crippen LogP contribution < -0.4 is 4.74 Å². The monoisotopic (exact) mass is 231 g/mol. The second-order valence-corrected chi connectivity index (χ2v) is 4.90.